The number of nitrogens with one attached hydrogen (secondary N) is 1. The van der Waals surface area contributed by atoms with Crippen molar-refractivity contribution in [2.45, 2.75) is 25.9 Å². The molecular formula is C12H16ClNO. The van der Waals surface area contributed by atoms with Crippen LogP contribution in [-0.4, -0.2) is 19.2 Å². The summed E-state index contributed by atoms with van der Waals surface area (Å²) in [6.45, 7) is 4.12. The van der Waals surface area contributed by atoms with Gasteiger partial charge in [0.2, 0.25) is 0 Å². The Balaban J connectivity index is 2.05. The highest BCUT2D eigenvalue weighted by Gasteiger charge is 2.15. The van der Waals surface area contributed by atoms with Crippen molar-refractivity contribution in [1.29, 1.82) is 0 Å². The lowest BCUT2D eigenvalue weighted by molar-refractivity contribution is 0.162. The van der Waals surface area contributed by atoms with Gasteiger partial charge in [-0.25, -0.2) is 0 Å². The molecule has 0 amide bonds. The fraction of sp³-hybridized carbons (Fsp3) is 0.500. The molecule has 2 nitrogen and oxygen atoms in total. The van der Waals surface area contributed by atoms with Gasteiger partial charge in [-0.1, -0.05) is 17.7 Å². The number of halogens is 1. The van der Waals surface area contributed by atoms with E-state index in [1.807, 2.05) is 25.1 Å². The van der Waals surface area contributed by atoms with E-state index in [2.05, 4.69) is 5.32 Å². The Labute approximate surface area is 95.6 Å². The minimum absolute atomic E-state index is 0.311. The van der Waals surface area contributed by atoms with Gasteiger partial charge in [-0.3, -0.25) is 0 Å². The summed E-state index contributed by atoms with van der Waals surface area (Å²) in [4.78, 5) is 0. The van der Waals surface area contributed by atoms with E-state index in [0.717, 1.165) is 31.7 Å². The monoisotopic (exact) mass is 225 g/mol. The Morgan fingerprint density at radius 1 is 1.33 bits per heavy atom. The zero-order valence-electron chi connectivity index (χ0n) is 8.92. The zero-order valence-corrected chi connectivity index (χ0v) is 9.68. The lowest BCUT2D eigenvalue weighted by Crippen LogP contribution is -2.34. The maximum absolute atomic E-state index is 6.07. The van der Waals surface area contributed by atoms with E-state index in [-0.39, 0.29) is 0 Å². The van der Waals surface area contributed by atoms with Crippen molar-refractivity contribution in [3.63, 3.8) is 0 Å². The summed E-state index contributed by atoms with van der Waals surface area (Å²) in [6, 6.07) is 5.90. The zero-order chi connectivity index (χ0) is 10.7. The van der Waals surface area contributed by atoms with Crippen LogP contribution in [0.15, 0.2) is 18.2 Å². The van der Waals surface area contributed by atoms with Crippen molar-refractivity contribution in [3.05, 3.63) is 28.8 Å². The van der Waals surface area contributed by atoms with Crippen LogP contribution in [0.25, 0.3) is 0 Å². The Bertz CT molecular complexity index is 334. The molecule has 1 N–H and O–H groups in total. The van der Waals surface area contributed by atoms with Gasteiger partial charge in [0.15, 0.2) is 0 Å². The first-order valence-electron chi connectivity index (χ1n) is 5.39. The van der Waals surface area contributed by atoms with Crippen molar-refractivity contribution < 1.29 is 4.74 Å². The highest BCUT2D eigenvalue weighted by molar-refractivity contribution is 6.32. The molecule has 1 aliphatic heterocycles. The molecule has 1 fully saturated rings. The smallest absolute Gasteiger partial charge is 0.138 e. The lowest BCUT2D eigenvalue weighted by Gasteiger charge is -2.24. The van der Waals surface area contributed by atoms with Crippen molar-refractivity contribution in [2.24, 2.45) is 0 Å². The number of hydrogen-bond acceptors (Lipinski definition) is 2. The molecule has 1 heterocycles. The third kappa shape index (κ3) is 2.86. The summed E-state index contributed by atoms with van der Waals surface area (Å²) in [5.74, 6) is 0.823. The summed E-state index contributed by atoms with van der Waals surface area (Å²) in [5, 5.41) is 4.02. The normalized spacial score (nSPS) is 17.7. The summed E-state index contributed by atoms with van der Waals surface area (Å²) in [7, 11) is 0. The van der Waals surface area contributed by atoms with Gasteiger partial charge in [0.05, 0.1) is 5.02 Å². The van der Waals surface area contributed by atoms with Gasteiger partial charge >= 0.3 is 0 Å². The molecule has 15 heavy (non-hydrogen) atoms. The fourth-order valence-corrected chi connectivity index (χ4v) is 1.96. The summed E-state index contributed by atoms with van der Waals surface area (Å²) < 4.78 is 5.89. The topological polar surface area (TPSA) is 21.3 Å². The average Bonchev–Trinajstić information content (AvgIpc) is 2.25. The molecule has 1 aromatic carbocycles. The Kier molecular flexibility index (Phi) is 3.49. The summed E-state index contributed by atoms with van der Waals surface area (Å²) >= 11 is 6.07. The van der Waals surface area contributed by atoms with Crippen molar-refractivity contribution in [2.75, 3.05) is 13.1 Å². The minimum Gasteiger partial charge on any atom is -0.489 e. The molecule has 0 atom stereocenters. The number of ether oxygens (including phenoxy) is 1. The van der Waals surface area contributed by atoms with Crippen molar-refractivity contribution in [1.82, 2.24) is 5.32 Å². The van der Waals surface area contributed by atoms with Crippen LogP contribution in [0.5, 0.6) is 5.75 Å². The van der Waals surface area contributed by atoms with Gasteiger partial charge < -0.3 is 10.1 Å². The van der Waals surface area contributed by atoms with Crippen LogP contribution in [0.3, 0.4) is 0 Å². The van der Waals surface area contributed by atoms with Crippen molar-refractivity contribution >= 4 is 11.6 Å². The Morgan fingerprint density at radius 2 is 2.07 bits per heavy atom. The minimum atomic E-state index is 0.311. The third-order valence-corrected chi connectivity index (χ3v) is 2.98. The molecule has 0 bridgehead atoms. The number of piperidine rings is 1. The molecular weight excluding hydrogens is 210 g/mol. The van der Waals surface area contributed by atoms with Crippen LogP contribution in [-0.2, 0) is 0 Å². The molecule has 0 spiro atoms. The average molecular weight is 226 g/mol. The van der Waals surface area contributed by atoms with Gasteiger partial charge in [0.25, 0.3) is 0 Å². The van der Waals surface area contributed by atoms with Crippen LogP contribution in [0, 0.1) is 6.92 Å². The molecule has 1 aliphatic rings. The van der Waals surface area contributed by atoms with Crippen LogP contribution in [0.2, 0.25) is 5.02 Å². The molecule has 0 unspecified atom stereocenters. The maximum atomic E-state index is 6.07. The molecule has 0 aliphatic carbocycles. The number of rotatable bonds is 2. The number of aryl methyl sites for hydroxylation is 1. The van der Waals surface area contributed by atoms with Gasteiger partial charge in [-0.05, 0) is 50.6 Å². The molecule has 0 radical (unpaired) electrons. The van der Waals surface area contributed by atoms with Gasteiger partial charge in [0.1, 0.15) is 11.9 Å². The van der Waals surface area contributed by atoms with Gasteiger partial charge in [-0.2, -0.15) is 0 Å². The van der Waals surface area contributed by atoms with E-state index in [9.17, 15) is 0 Å². The second-order valence-electron chi connectivity index (χ2n) is 4.00. The van der Waals surface area contributed by atoms with E-state index in [1.54, 1.807) is 0 Å². The van der Waals surface area contributed by atoms with Crippen LogP contribution in [0.4, 0.5) is 0 Å². The van der Waals surface area contributed by atoms with E-state index >= 15 is 0 Å². The highest BCUT2D eigenvalue weighted by Crippen LogP contribution is 2.27. The molecule has 1 aromatic rings. The third-order valence-electron chi connectivity index (χ3n) is 2.67. The number of hydrogen-bond donors (Lipinski definition) is 1. The van der Waals surface area contributed by atoms with E-state index < -0.39 is 0 Å². The predicted octanol–water partition coefficient (Wildman–Crippen LogP) is 2.78. The lowest BCUT2D eigenvalue weighted by atomic mass is 10.1. The molecule has 1 saturated heterocycles. The maximum Gasteiger partial charge on any atom is 0.138 e. The van der Waals surface area contributed by atoms with E-state index in [4.69, 9.17) is 16.3 Å². The molecule has 0 aromatic heterocycles. The second kappa shape index (κ2) is 4.86. The molecule has 0 saturated carbocycles. The quantitative estimate of drug-likeness (QED) is 0.836. The van der Waals surface area contributed by atoms with E-state index in [1.165, 1.54) is 5.56 Å². The Morgan fingerprint density at radius 3 is 2.80 bits per heavy atom. The molecule has 2 rings (SSSR count). The summed E-state index contributed by atoms with van der Waals surface area (Å²) in [5.41, 5.74) is 1.18. The van der Waals surface area contributed by atoms with Crippen LogP contribution < -0.4 is 10.1 Å². The van der Waals surface area contributed by atoms with Crippen LogP contribution >= 0.6 is 11.6 Å². The molecule has 3 heteroatoms. The number of benzene rings is 1. The second-order valence-corrected chi connectivity index (χ2v) is 4.41. The SMILES string of the molecule is Cc1ccc(Cl)c(OC2CCNCC2)c1. The fourth-order valence-electron chi connectivity index (χ4n) is 1.79. The highest BCUT2D eigenvalue weighted by atomic mass is 35.5. The van der Waals surface area contributed by atoms with E-state index in [0.29, 0.717) is 11.1 Å². The van der Waals surface area contributed by atoms with Gasteiger partial charge in [-0.15, -0.1) is 0 Å². The largest absolute Gasteiger partial charge is 0.489 e. The van der Waals surface area contributed by atoms with Crippen LogP contribution in [0.1, 0.15) is 18.4 Å². The molecule has 82 valence electrons. The Hall–Kier alpha value is -0.730. The first-order valence-corrected chi connectivity index (χ1v) is 5.77. The van der Waals surface area contributed by atoms with Crippen molar-refractivity contribution in [3.8, 4) is 5.75 Å². The predicted molar refractivity (Wildman–Crippen MR) is 62.7 cm³/mol. The van der Waals surface area contributed by atoms with Gasteiger partial charge in [0, 0.05) is 0 Å². The standard InChI is InChI=1S/C12H16ClNO/c1-9-2-3-11(13)12(8-9)15-10-4-6-14-7-5-10/h2-3,8,10,14H,4-7H2,1H3. The first-order chi connectivity index (χ1) is 7.25. The summed E-state index contributed by atoms with van der Waals surface area (Å²) in [6.07, 6.45) is 2.43. The first kappa shape index (κ1) is 10.8.